The fourth-order valence-electron chi connectivity index (χ4n) is 3.30. The Morgan fingerprint density at radius 1 is 1.06 bits per heavy atom. The summed E-state index contributed by atoms with van der Waals surface area (Å²) >= 11 is 3.35. The van der Waals surface area contributed by atoms with Crippen molar-refractivity contribution in [3.8, 4) is 16.3 Å². The molecule has 0 aliphatic heterocycles. The molecule has 4 aromatic rings. The van der Waals surface area contributed by atoms with Crippen LogP contribution in [0, 0.1) is 20.8 Å². The molecule has 0 unspecified atom stereocenters. The van der Waals surface area contributed by atoms with Crippen LogP contribution in [-0.4, -0.2) is 19.7 Å². The number of hydrogen-bond acceptors (Lipinski definition) is 6. The van der Waals surface area contributed by atoms with Gasteiger partial charge in [-0.1, -0.05) is 47.7 Å². The molecule has 2 aromatic heterocycles. The van der Waals surface area contributed by atoms with E-state index in [0.717, 1.165) is 45.3 Å². The number of hydrogen-bond donors (Lipinski definition) is 0. The van der Waals surface area contributed by atoms with Crippen LogP contribution in [0.1, 0.15) is 35.1 Å². The molecule has 7 heteroatoms. The molecule has 0 saturated heterocycles. The Hall–Kier alpha value is -2.64. The van der Waals surface area contributed by atoms with Gasteiger partial charge in [0, 0.05) is 23.2 Å². The van der Waals surface area contributed by atoms with Crippen LogP contribution in [0.2, 0.25) is 0 Å². The molecule has 160 valence electrons. The Balaban J connectivity index is 1.42. The van der Waals surface area contributed by atoms with E-state index in [2.05, 4.69) is 78.2 Å². The molecule has 0 saturated carbocycles. The van der Waals surface area contributed by atoms with Crippen LogP contribution in [0.3, 0.4) is 0 Å². The number of thioether (sulfide) groups is 1. The predicted molar refractivity (Wildman–Crippen MR) is 128 cm³/mol. The molecule has 0 spiro atoms. The summed E-state index contributed by atoms with van der Waals surface area (Å²) < 4.78 is 8.16. The topological polar surface area (TPSA) is 52.8 Å². The molecule has 2 heterocycles. The summed E-state index contributed by atoms with van der Waals surface area (Å²) in [6.45, 7) is 9.58. The van der Waals surface area contributed by atoms with Crippen molar-refractivity contribution < 1.29 is 4.74 Å². The van der Waals surface area contributed by atoms with Crippen LogP contribution in [0.4, 0.5) is 0 Å². The van der Waals surface area contributed by atoms with Gasteiger partial charge in [0.2, 0.25) is 0 Å². The van der Waals surface area contributed by atoms with E-state index in [1.807, 2.05) is 12.1 Å². The summed E-state index contributed by atoms with van der Waals surface area (Å²) in [6.07, 6.45) is 0. The van der Waals surface area contributed by atoms with Crippen molar-refractivity contribution in [2.75, 3.05) is 0 Å². The molecular formula is C24H26N4OS2. The first-order valence-corrected chi connectivity index (χ1v) is 12.2. The summed E-state index contributed by atoms with van der Waals surface area (Å²) in [7, 11) is 0. The van der Waals surface area contributed by atoms with Crippen molar-refractivity contribution >= 4 is 23.1 Å². The SMILES string of the molecule is CCn1c(COc2cccc(C)c2C)nnc1SCc1csc(-c2cccc(C)c2)n1. The second-order valence-corrected chi connectivity index (χ2v) is 9.23. The zero-order valence-electron chi connectivity index (χ0n) is 18.3. The van der Waals surface area contributed by atoms with Gasteiger partial charge in [0.1, 0.15) is 17.4 Å². The average molecular weight is 451 g/mol. The van der Waals surface area contributed by atoms with E-state index in [0.29, 0.717) is 6.61 Å². The Kier molecular flexibility index (Phi) is 6.73. The van der Waals surface area contributed by atoms with E-state index in [1.54, 1.807) is 23.1 Å². The minimum absolute atomic E-state index is 0.403. The molecule has 31 heavy (non-hydrogen) atoms. The van der Waals surface area contributed by atoms with Gasteiger partial charge in [-0.2, -0.15) is 0 Å². The first kappa shape index (κ1) is 21.6. The molecule has 0 atom stereocenters. The van der Waals surface area contributed by atoms with Crippen LogP contribution >= 0.6 is 23.1 Å². The lowest BCUT2D eigenvalue weighted by Crippen LogP contribution is -2.07. The Labute approximate surface area is 191 Å². The first-order valence-electron chi connectivity index (χ1n) is 10.3. The molecule has 0 aliphatic carbocycles. The Bertz CT molecular complexity index is 1180. The molecular weight excluding hydrogens is 424 g/mol. The van der Waals surface area contributed by atoms with Crippen LogP contribution in [0.5, 0.6) is 5.75 Å². The highest BCUT2D eigenvalue weighted by Crippen LogP contribution is 2.28. The lowest BCUT2D eigenvalue weighted by Gasteiger charge is -2.11. The van der Waals surface area contributed by atoms with E-state index in [4.69, 9.17) is 9.72 Å². The molecule has 2 aromatic carbocycles. The van der Waals surface area contributed by atoms with Crippen LogP contribution in [0.25, 0.3) is 10.6 Å². The largest absolute Gasteiger partial charge is 0.485 e. The zero-order valence-corrected chi connectivity index (χ0v) is 19.9. The minimum Gasteiger partial charge on any atom is -0.485 e. The van der Waals surface area contributed by atoms with Gasteiger partial charge in [0.15, 0.2) is 11.0 Å². The van der Waals surface area contributed by atoms with Crippen molar-refractivity contribution in [2.45, 2.75) is 51.8 Å². The summed E-state index contributed by atoms with van der Waals surface area (Å²) in [5, 5.41) is 12.9. The van der Waals surface area contributed by atoms with Gasteiger partial charge in [-0.3, -0.25) is 0 Å². The highest BCUT2D eigenvalue weighted by molar-refractivity contribution is 7.98. The lowest BCUT2D eigenvalue weighted by atomic mass is 10.1. The number of aryl methyl sites for hydroxylation is 2. The number of nitrogens with zero attached hydrogens (tertiary/aromatic N) is 4. The van der Waals surface area contributed by atoms with Crippen LogP contribution < -0.4 is 4.74 Å². The standard InChI is InChI=1S/C24H26N4OS2/c1-5-28-22(13-29-21-11-7-9-17(3)18(21)4)26-27-24(28)31-15-20-14-30-23(25-20)19-10-6-8-16(2)12-19/h6-12,14H,5,13,15H2,1-4H3. The summed E-state index contributed by atoms with van der Waals surface area (Å²) in [6, 6.07) is 14.6. The van der Waals surface area contributed by atoms with Crippen molar-refractivity contribution in [3.63, 3.8) is 0 Å². The molecule has 5 nitrogen and oxygen atoms in total. The lowest BCUT2D eigenvalue weighted by molar-refractivity contribution is 0.286. The van der Waals surface area contributed by atoms with Crippen molar-refractivity contribution in [1.82, 2.24) is 19.7 Å². The predicted octanol–water partition coefficient (Wildman–Crippen LogP) is 6.22. The molecule has 0 bridgehead atoms. The van der Waals surface area contributed by atoms with E-state index in [-0.39, 0.29) is 0 Å². The van der Waals surface area contributed by atoms with Gasteiger partial charge in [-0.25, -0.2) is 4.98 Å². The summed E-state index contributed by atoms with van der Waals surface area (Å²) in [4.78, 5) is 4.81. The van der Waals surface area contributed by atoms with Gasteiger partial charge in [-0.15, -0.1) is 21.5 Å². The van der Waals surface area contributed by atoms with Gasteiger partial charge < -0.3 is 9.30 Å². The number of thiazole rings is 1. The second kappa shape index (κ2) is 9.66. The van der Waals surface area contributed by atoms with Crippen LogP contribution in [-0.2, 0) is 18.9 Å². The Morgan fingerprint density at radius 2 is 1.90 bits per heavy atom. The van der Waals surface area contributed by atoms with Gasteiger partial charge in [0.25, 0.3) is 0 Å². The van der Waals surface area contributed by atoms with Gasteiger partial charge >= 0.3 is 0 Å². The van der Waals surface area contributed by atoms with Crippen molar-refractivity contribution in [1.29, 1.82) is 0 Å². The summed E-state index contributed by atoms with van der Waals surface area (Å²) in [5.41, 5.74) is 5.86. The second-order valence-electron chi connectivity index (χ2n) is 7.43. The molecule has 0 aliphatic rings. The van der Waals surface area contributed by atoms with Gasteiger partial charge in [0.05, 0.1) is 5.69 Å². The number of ether oxygens (including phenoxy) is 1. The van der Waals surface area contributed by atoms with E-state index < -0.39 is 0 Å². The molecule has 4 rings (SSSR count). The van der Waals surface area contributed by atoms with E-state index in [9.17, 15) is 0 Å². The maximum atomic E-state index is 6.04. The first-order chi connectivity index (χ1) is 15.0. The normalized spacial score (nSPS) is 11.1. The monoisotopic (exact) mass is 450 g/mol. The Morgan fingerprint density at radius 3 is 2.71 bits per heavy atom. The fourth-order valence-corrected chi connectivity index (χ4v) is 5.13. The minimum atomic E-state index is 0.403. The third-order valence-corrected chi connectivity index (χ3v) is 7.13. The summed E-state index contributed by atoms with van der Waals surface area (Å²) in [5.74, 6) is 2.49. The fraction of sp³-hybridized carbons (Fsp3) is 0.292. The maximum Gasteiger partial charge on any atom is 0.191 e. The third kappa shape index (κ3) is 4.99. The van der Waals surface area contributed by atoms with Crippen molar-refractivity contribution in [3.05, 3.63) is 76.1 Å². The number of benzene rings is 2. The molecule has 0 N–H and O–H groups in total. The highest BCUT2D eigenvalue weighted by Gasteiger charge is 2.14. The number of rotatable bonds is 8. The molecule has 0 amide bonds. The zero-order chi connectivity index (χ0) is 21.8. The highest BCUT2D eigenvalue weighted by atomic mass is 32.2. The quantitative estimate of drug-likeness (QED) is 0.298. The smallest absolute Gasteiger partial charge is 0.191 e. The van der Waals surface area contributed by atoms with Crippen molar-refractivity contribution in [2.24, 2.45) is 0 Å². The van der Waals surface area contributed by atoms with E-state index in [1.165, 1.54) is 16.7 Å². The van der Waals surface area contributed by atoms with Crippen LogP contribution in [0.15, 0.2) is 53.0 Å². The molecule has 0 radical (unpaired) electrons. The molecule has 0 fully saturated rings. The van der Waals surface area contributed by atoms with Gasteiger partial charge in [-0.05, 0) is 51.0 Å². The number of aromatic nitrogens is 4. The average Bonchev–Trinajstić information content (AvgIpc) is 3.40. The maximum absolute atomic E-state index is 6.04. The van der Waals surface area contributed by atoms with E-state index >= 15 is 0 Å². The third-order valence-electron chi connectivity index (χ3n) is 5.19.